The summed E-state index contributed by atoms with van der Waals surface area (Å²) >= 11 is 5.96. The van der Waals surface area contributed by atoms with Crippen molar-refractivity contribution >= 4 is 17.4 Å². The summed E-state index contributed by atoms with van der Waals surface area (Å²) in [6.45, 7) is 5.19. The van der Waals surface area contributed by atoms with E-state index in [0.717, 1.165) is 5.82 Å². The summed E-state index contributed by atoms with van der Waals surface area (Å²) in [5.41, 5.74) is 0. The lowest BCUT2D eigenvalue weighted by atomic mass is 10.2. The molecule has 0 saturated heterocycles. The summed E-state index contributed by atoms with van der Waals surface area (Å²) in [6, 6.07) is 1.70. The van der Waals surface area contributed by atoms with Crippen LogP contribution in [0.3, 0.4) is 0 Å². The molecule has 0 aliphatic heterocycles. The van der Waals surface area contributed by atoms with E-state index in [9.17, 15) is 0 Å². The van der Waals surface area contributed by atoms with Crippen molar-refractivity contribution in [1.82, 2.24) is 9.97 Å². The van der Waals surface area contributed by atoms with Crippen LogP contribution in [0.5, 0.6) is 0 Å². The van der Waals surface area contributed by atoms with Gasteiger partial charge in [0, 0.05) is 32.7 Å². The Morgan fingerprint density at radius 3 is 2.61 bits per heavy atom. The minimum absolute atomic E-state index is 0.0220. The first-order valence-electron chi connectivity index (χ1n) is 5.87. The largest absolute Gasteiger partial charge is 0.382 e. The number of hydrogen-bond donors (Lipinski definition) is 1. The fourth-order valence-electron chi connectivity index (χ4n) is 1.40. The SMILES string of the molecule is COCC(CNc1cc(Cl)nc(C(C)C)n1)OC. The van der Waals surface area contributed by atoms with Crippen LogP contribution >= 0.6 is 11.6 Å². The fourth-order valence-corrected chi connectivity index (χ4v) is 1.59. The zero-order valence-electron chi connectivity index (χ0n) is 11.2. The number of methoxy groups -OCH3 is 2. The topological polar surface area (TPSA) is 56.3 Å². The maximum Gasteiger partial charge on any atom is 0.135 e. The normalized spacial score (nSPS) is 12.8. The van der Waals surface area contributed by atoms with E-state index in [-0.39, 0.29) is 12.0 Å². The van der Waals surface area contributed by atoms with Crippen molar-refractivity contribution < 1.29 is 9.47 Å². The zero-order valence-corrected chi connectivity index (χ0v) is 12.0. The van der Waals surface area contributed by atoms with Gasteiger partial charge in [0.15, 0.2) is 0 Å². The lowest BCUT2D eigenvalue weighted by Crippen LogP contribution is -2.27. The van der Waals surface area contributed by atoms with Gasteiger partial charge < -0.3 is 14.8 Å². The molecule has 1 rings (SSSR count). The van der Waals surface area contributed by atoms with Crippen molar-refractivity contribution in [2.24, 2.45) is 0 Å². The summed E-state index contributed by atoms with van der Waals surface area (Å²) in [6.07, 6.45) is -0.0220. The van der Waals surface area contributed by atoms with Crippen LogP contribution in [-0.2, 0) is 9.47 Å². The standard InChI is InChI=1S/C12H20ClN3O2/c1-8(2)12-15-10(13)5-11(16-12)14-6-9(18-4)7-17-3/h5,8-9H,6-7H2,1-4H3,(H,14,15,16). The van der Waals surface area contributed by atoms with E-state index in [2.05, 4.69) is 15.3 Å². The van der Waals surface area contributed by atoms with Gasteiger partial charge in [-0.05, 0) is 0 Å². The van der Waals surface area contributed by atoms with Crippen molar-refractivity contribution in [2.45, 2.75) is 25.9 Å². The molecule has 1 N–H and O–H groups in total. The highest BCUT2D eigenvalue weighted by atomic mass is 35.5. The van der Waals surface area contributed by atoms with Crippen LogP contribution in [0.1, 0.15) is 25.6 Å². The van der Waals surface area contributed by atoms with Gasteiger partial charge in [-0.25, -0.2) is 9.97 Å². The van der Waals surface area contributed by atoms with Gasteiger partial charge in [0.25, 0.3) is 0 Å². The Morgan fingerprint density at radius 1 is 1.33 bits per heavy atom. The van der Waals surface area contributed by atoms with Crippen LogP contribution in [0, 0.1) is 0 Å². The molecular formula is C12H20ClN3O2. The van der Waals surface area contributed by atoms with E-state index < -0.39 is 0 Å². The molecule has 0 bridgehead atoms. The van der Waals surface area contributed by atoms with Gasteiger partial charge in [0.05, 0.1) is 12.7 Å². The molecule has 0 fully saturated rings. The second kappa shape index (κ2) is 7.51. The van der Waals surface area contributed by atoms with Crippen LogP contribution in [0.2, 0.25) is 5.15 Å². The molecular weight excluding hydrogens is 254 g/mol. The maximum atomic E-state index is 5.96. The predicted octanol–water partition coefficient (Wildman–Crippen LogP) is 2.33. The Balaban J connectivity index is 2.66. The molecule has 6 heteroatoms. The first kappa shape index (κ1) is 15.1. The highest BCUT2D eigenvalue weighted by Crippen LogP contribution is 2.16. The summed E-state index contributed by atoms with van der Waals surface area (Å²) in [5.74, 6) is 1.67. The third-order valence-electron chi connectivity index (χ3n) is 2.43. The van der Waals surface area contributed by atoms with E-state index in [0.29, 0.717) is 24.1 Å². The minimum atomic E-state index is -0.0220. The molecule has 1 unspecified atom stereocenters. The van der Waals surface area contributed by atoms with Gasteiger partial charge in [-0.15, -0.1) is 0 Å². The van der Waals surface area contributed by atoms with Gasteiger partial charge in [-0.3, -0.25) is 0 Å². The molecule has 1 aromatic rings. The molecule has 0 amide bonds. The molecule has 0 aliphatic rings. The van der Waals surface area contributed by atoms with Crippen LogP contribution in [-0.4, -0.2) is 43.4 Å². The van der Waals surface area contributed by atoms with E-state index in [1.807, 2.05) is 13.8 Å². The van der Waals surface area contributed by atoms with E-state index in [1.165, 1.54) is 0 Å². The second-order valence-electron chi connectivity index (χ2n) is 4.28. The molecule has 102 valence electrons. The Labute approximate surface area is 113 Å². The molecule has 0 aromatic carbocycles. The highest BCUT2D eigenvalue weighted by molar-refractivity contribution is 6.29. The molecule has 0 spiro atoms. The third-order valence-corrected chi connectivity index (χ3v) is 2.62. The smallest absolute Gasteiger partial charge is 0.135 e. The number of rotatable bonds is 7. The molecule has 1 heterocycles. The first-order chi connectivity index (χ1) is 8.56. The molecule has 18 heavy (non-hydrogen) atoms. The van der Waals surface area contributed by atoms with Crippen LogP contribution in [0.4, 0.5) is 5.82 Å². The number of nitrogens with one attached hydrogen (secondary N) is 1. The number of halogens is 1. The third kappa shape index (κ3) is 4.76. The van der Waals surface area contributed by atoms with Gasteiger partial charge in [0.2, 0.25) is 0 Å². The summed E-state index contributed by atoms with van der Waals surface area (Å²) in [5, 5.41) is 3.62. The number of hydrogen-bond acceptors (Lipinski definition) is 5. The molecule has 0 radical (unpaired) electrons. The molecule has 0 saturated carbocycles. The Hall–Kier alpha value is -0.910. The van der Waals surface area contributed by atoms with Crippen LogP contribution in [0.25, 0.3) is 0 Å². The Morgan fingerprint density at radius 2 is 2.06 bits per heavy atom. The zero-order chi connectivity index (χ0) is 13.5. The van der Waals surface area contributed by atoms with Crippen molar-refractivity contribution in [3.63, 3.8) is 0 Å². The monoisotopic (exact) mass is 273 g/mol. The van der Waals surface area contributed by atoms with Crippen LogP contribution in [0.15, 0.2) is 6.07 Å². The van der Waals surface area contributed by atoms with Crippen LogP contribution < -0.4 is 5.32 Å². The van der Waals surface area contributed by atoms with Gasteiger partial charge >= 0.3 is 0 Å². The van der Waals surface area contributed by atoms with Gasteiger partial charge in [-0.2, -0.15) is 0 Å². The van der Waals surface area contributed by atoms with Crippen molar-refractivity contribution in [3.05, 3.63) is 17.0 Å². The molecule has 1 atom stereocenters. The summed E-state index contributed by atoms with van der Waals surface area (Å²) < 4.78 is 10.3. The summed E-state index contributed by atoms with van der Waals surface area (Å²) in [4.78, 5) is 8.57. The minimum Gasteiger partial charge on any atom is -0.382 e. The van der Waals surface area contributed by atoms with E-state index >= 15 is 0 Å². The highest BCUT2D eigenvalue weighted by Gasteiger charge is 2.10. The number of anilines is 1. The lowest BCUT2D eigenvalue weighted by molar-refractivity contribution is 0.0365. The molecule has 5 nitrogen and oxygen atoms in total. The average Bonchev–Trinajstić information content (AvgIpc) is 2.33. The van der Waals surface area contributed by atoms with Gasteiger partial charge in [0.1, 0.15) is 16.8 Å². The lowest BCUT2D eigenvalue weighted by Gasteiger charge is -2.16. The molecule has 0 aliphatic carbocycles. The van der Waals surface area contributed by atoms with Crippen molar-refractivity contribution in [2.75, 3.05) is 32.7 Å². The molecule has 1 aromatic heterocycles. The predicted molar refractivity (Wildman–Crippen MR) is 72.3 cm³/mol. The average molecular weight is 274 g/mol. The van der Waals surface area contributed by atoms with Gasteiger partial charge in [-0.1, -0.05) is 25.4 Å². The second-order valence-corrected chi connectivity index (χ2v) is 4.67. The van der Waals surface area contributed by atoms with Crippen molar-refractivity contribution in [3.8, 4) is 0 Å². The number of ether oxygens (including phenoxy) is 2. The summed E-state index contributed by atoms with van der Waals surface area (Å²) in [7, 11) is 3.29. The van der Waals surface area contributed by atoms with E-state index in [1.54, 1.807) is 20.3 Å². The number of nitrogens with zero attached hydrogens (tertiary/aromatic N) is 2. The first-order valence-corrected chi connectivity index (χ1v) is 6.24. The number of aromatic nitrogens is 2. The maximum absolute atomic E-state index is 5.96. The van der Waals surface area contributed by atoms with Crippen molar-refractivity contribution in [1.29, 1.82) is 0 Å². The Kier molecular flexibility index (Phi) is 6.32. The van der Waals surface area contributed by atoms with E-state index in [4.69, 9.17) is 21.1 Å². The quantitative estimate of drug-likeness (QED) is 0.773. The Bertz CT molecular complexity index is 374. The fraction of sp³-hybridized carbons (Fsp3) is 0.667.